The fraction of sp³-hybridized carbons (Fsp3) is 0.667. The second kappa shape index (κ2) is 3.08. The van der Waals surface area contributed by atoms with Crippen LogP contribution in [0.2, 0.25) is 0 Å². The van der Waals surface area contributed by atoms with E-state index >= 15 is 0 Å². The van der Waals surface area contributed by atoms with Crippen molar-refractivity contribution in [2.75, 3.05) is 0 Å². The lowest BCUT2D eigenvalue weighted by molar-refractivity contribution is 0.579. The van der Waals surface area contributed by atoms with Gasteiger partial charge < -0.3 is 0 Å². The van der Waals surface area contributed by atoms with Gasteiger partial charge in [0.1, 0.15) is 0 Å². The van der Waals surface area contributed by atoms with Crippen LogP contribution in [0.5, 0.6) is 0 Å². The maximum Gasteiger partial charge on any atom is 0.214 e. The van der Waals surface area contributed by atoms with Gasteiger partial charge in [0.15, 0.2) is 0 Å². The number of nitrogens with zero attached hydrogens (tertiary/aromatic N) is 2. The van der Waals surface area contributed by atoms with Gasteiger partial charge in [-0.3, -0.25) is 0 Å². The van der Waals surface area contributed by atoms with Crippen molar-refractivity contribution in [3.05, 3.63) is 11.9 Å². The van der Waals surface area contributed by atoms with Crippen LogP contribution in [0.3, 0.4) is 0 Å². The summed E-state index contributed by atoms with van der Waals surface area (Å²) in [6.07, 6.45) is 3.04. The van der Waals surface area contributed by atoms with E-state index in [-0.39, 0.29) is 11.8 Å². The van der Waals surface area contributed by atoms with Crippen LogP contribution in [0.4, 0.5) is 0 Å². The third kappa shape index (κ3) is 2.04. The number of nitrogens with one attached hydrogen (secondary N) is 2. The number of sulfonamides is 1. The first-order chi connectivity index (χ1) is 6.18. The molecule has 1 aliphatic carbocycles. The van der Waals surface area contributed by atoms with Gasteiger partial charge in [-0.25, -0.2) is 13.1 Å². The summed E-state index contributed by atoms with van der Waals surface area (Å²) in [6.45, 7) is 0.218. The normalized spacial score (nSPS) is 17.5. The molecule has 0 aromatic carbocycles. The number of aromatic amines is 1. The molecule has 7 heteroatoms. The van der Waals surface area contributed by atoms with Gasteiger partial charge in [-0.1, -0.05) is 0 Å². The first kappa shape index (κ1) is 8.64. The topological polar surface area (TPSA) is 87.7 Å². The van der Waals surface area contributed by atoms with Crippen LogP contribution in [0.25, 0.3) is 0 Å². The van der Waals surface area contributed by atoms with E-state index in [4.69, 9.17) is 0 Å². The molecule has 0 unspecified atom stereocenters. The van der Waals surface area contributed by atoms with E-state index in [2.05, 4.69) is 20.1 Å². The summed E-state index contributed by atoms with van der Waals surface area (Å²) < 4.78 is 25.1. The van der Waals surface area contributed by atoms with E-state index in [9.17, 15) is 8.42 Å². The zero-order valence-corrected chi connectivity index (χ0v) is 7.71. The standard InChI is InChI=1S/C6H10N4O2S/c11-13(12,6-1-2-6)8-4-5-3-7-10-9-5/h3,6,8H,1-2,4H2,(H,7,9,10). The Morgan fingerprint density at radius 3 is 2.92 bits per heavy atom. The Bertz CT molecular complexity index is 367. The number of aromatic nitrogens is 3. The minimum atomic E-state index is -3.09. The Labute approximate surface area is 75.8 Å². The Morgan fingerprint density at radius 2 is 2.38 bits per heavy atom. The van der Waals surface area contributed by atoms with Gasteiger partial charge in [0, 0.05) is 0 Å². The average molecular weight is 202 g/mol. The highest BCUT2D eigenvalue weighted by Crippen LogP contribution is 2.27. The second-order valence-corrected chi connectivity index (χ2v) is 5.07. The van der Waals surface area contributed by atoms with Gasteiger partial charge in [0.05, 0.1) is 23.7 Å². The van der Waals surface area contributed by atoms with E-state index in [0.717, 1.165) is 12.8 Å². The van der Waals surface area contributed by atoms with Crippen molar-refractivity contribution in [1.82, 2.24) is 20.1 Å². The smallest absolute Gasteiger partial charge is 0.212 e. The molecule has 1 fully saturated rings. The lowest BCUT2D eigenvalue weighted by Gasteiger charge is -2.01. The van der Waals surface area contributed by atoms with E-state index in [1.165, 1.54) is 6.20 Å². The molecular formula is C6H10N4O2S. The quantitative estimate of drug-likeness (QED) is 0.681. The number of H-pyrrole nitrogens is 1. The zero-order chi connectivity index (χ0) is 9.31. The number of rotatable bonds is 4. The Balaban J connectivity index is 1.92. The van der Waals surface area contributed by atoms with Crippen LogP contribution >= 0.6 is 0 Å². The first-order valence-corrected chi connectivity index (χ1v) is 5.56. The summed E-state index contributed by atoms with van der Waals surface area (Å²) in [6, 6.07) is 0. The minimum absolute atomic E-state index is 0.181. The highest BCUT2D eigenvalue weighted by Gasteiger charge is 2.35. The monoisotopic (exact) mass is 202 g/mol. The molecule has 1 aliphatic rings. The molecular weight excluding hydrogens is 192 g/mol. The first-order valence-electron chi connectivity index (χ1n) is 4.01. The summed E-state index contributed by atoms with van der Waals surface area (Å²) in [4.78, 5) is 0. The van der Waals surface area contributed by atoms with Crippen molar-refractivity contribution in [3.63, 3.8) is 0 Å². The van der Waals surface area contributed by atoms with Crippen molar-refractivity contribution in [1.29, 1.82) is 0 Å². The molecule has 0 amide bonds. The van der Waals surface area contributed by atoms with E-state index < -0.39 is 10.0 Å². The van der Waals surface area contributed by atoms with Gasteiger partial charge >= 0.3 is 0 Å². The van der Waals surface area contributed by atoms with Gasteiger partial charge in [-0.05, 0) is 12.8 Å². The third-order valence-corrected chi connectivity index (χ3v) is 3.78. The largest absolute Gasteiger partial charge is 0.214 e. The Hall–Kier alpha value is -0.950. The molecule has 0 radical (unpaired) electrons. The third-order valence-electron chi connectivity index (χ3n) is 1.88. The van der Waals surface area contributed by atoms with Crippen LogP contribution in [0, 0.1) is 0 Å². The maximum absolute atomic E-state index is 11.3. The van der Waals surface area contributed by atoms with Crippen LogP contribution in [-0.2, 0) is 16.6 Å². The Kier molecular flexibility index (Phi) is 2.04. The summed E-state index contributed by atoms with van der Waals surface area (Å²) in [5, 5.41) is 9.54. The second-order valence-electron chi connectivity index (χ2n) is 3.03. The predicted octanol–water partition coefficient (Wildman–Crippen LogP) is -0.614. The van der Waals surface area contributed by atoms with Crippen molar-refractivity contribution in [2.45, 2.75) is 24.6 Å². The lowest BCUT2D eigenvalue weighted by Crippen LogP contribution is -2.26. The maximum atomic E-state index is 11.3. The SMILES string of the molecule is O=S(=O)(NCc1cn[nH]n1)C1CC1. The minimum Gasteiger partial charge on any atom is -0.212 e. The van der Waals surface area contributed by atoms with Crippen LogP contribution in [-0.4, -0.2) is 29.1 Å². The predicted molar refractivity (Wildman–Crippen MR) is 45.2 cm³/mol. The summed E-state index contributed by atoms with van der Waals surface area (Å²) in [5.41, 5.74) is 0.601. The van der Waals surface area contributed by atoms with E-state index in [1.54, 1.807) is 0 Å². The molecule has 72 valence electrons. The fourth-order valence-corrected chi connectivity index (χ4v) is 2.32. The molecule has 1 heterocycles. The molecule has 1 aromatic heterocycles. The van der Waals surface area contributed by atoms with Crippen molar-refractivity contribution >= 4 is 10.0 Å². The van der Waals surface area contributed by atoms with Gasteiger partial charge in [-0.2, -0.15) is 15.4 Å². The van der Waals surface area contributed by atoms with Gasteiger partial charge in [0.25, 0.3) is 0 Å². The van der Waals surface area contributed by atoms with Crippen LogP contribution < -0.4 is 4.72 Å². The number of hydrogen-bond acceptors (Lipinski definition) is 4. The highest BCUT2D eigenvalue weighted by atomic mass is 32.2. The van der Waals surface area contributed by atoms with Gasteiger partial charge in [-0.15, -0.1) is 0 Å². The molecule has 13 heavy (non-hydrogen) atoms. The summed E-state index contributed by atoms with van der Waals surface area (Å²) in [7, 11) is -3.09. The zero-order valence-electron chi connectivity index (χ0n) is 6.90. The summed E-state index contributed by atoms with van der Waals surface area (Å²) >= 11 is 0. The van der Waals surface area contributed by atoms with Crippen LogP contribution in [0.15, 0.2) is 6.20 Å². The fourth-order valence-electron chi connectivity index (χ4n) is 0.981. The molecule has 1 saturated carbocycles. The van der Waals surface area contributed by atoms with Crippen molar-refractivity contribution in [3.8, 4) is 0 Å². The molecule has 6 nitrogen and oxygen atoms in total. The molecule has 1 aromatic rings. The van der Waals surface area contributed by atoms with Gasteiger partial charge in [0.2, 0.25) is 10.0 Å². The van der Waals surface area contributed by atoms with Crippen molar-refractivity contribution < 1.29 is 8.42 Å². The molecule has 0 spiro atoms. The highest BCUT2D eigenvalue weighted by molar-refractivity contribution is 7.90. The van der Waals surface area contributed by atoms with E-state index in [1.807, 2.05) is 0 Å². The van der Waals surface area contributed by atoms with Crippen molar-refractivity contribution in [2.24, 2.45) is 0 Å². The molecule has 0 bridgehead atoms. The molecule has 0 atom stereocenters. The average Bonchev–Trinajstić information content (AvgIpc) is 2.82. The molecule has 2 N–H and O–H groups in total. The lowest BCUT2D eigenvalue weighted by atomic mass is 10.5. The Morgan fingerprint density at radius 1 is 1.62 bits per heavy atom. The molecule has 0 saturated heterocycles. The number of hydrogen-bond donors (Lipinski definition) is 2. The van der Waals surface area contributed by atoms with Crippen LogP contribution in [0.1, 0.15) is 18.5 Å². The van der Waals surface area contributed by atoms with E-state index in [0.29, 0.717) is 5.69 Å². The molecule has 2 rings (SSSR count). The molecule has 0 aliphatic heterocycles. The summed E-state index contributed by atoms with van der Waals surface area (Å²) in [5.74, 6) is 0.